The first-order valence-electron chi connectivity index (χ1n) is 5.45. The Bertz CT molecular complexity index is 336. The van der Waals surface area contributed by atoms with Gasteiger partial charge in [0.25, 0.3) is 0 Å². The lowest BCUT2D eigenvalue weighted by Gasteiger charge is -2.37. The second kappa shape index (κ2) is 5.14. The molecule has 5 nitrogen and oxygen atoms in total. The number of nitrogens with one attached hydrogen (secondary N) is 1. The third-order valence-corrected chi connectivity index (χ3v) is 4.70. The van der Waals surface area contributed by atoms with Crippen LogP contribution in [0.3, 0.4) is 0 Å². The first-order chi connectivity index (χ1) is 7.43. The minimum Gasteiger partial charge on any atom is -0.469 e. The Morgan fingerprint density at radius 1 is 1.38 bits per heavy atom. The monoisotopic (exact) mass is 249 g/mol. The zero-order valence-electron chi connectivity index (χ0n) is 9.78. The van der Waals surface area contributed by atoms with E-state index in [9.17, 15) is 13.2 Å². The Morgan fingerprint density at radius 2 is 1.94 bits per heavy atom. The molecule has 16 heavy (non-hydrogen) atoms. The van der Waals surface area contributed by atoms with E-state index < -0.39 is 15.4 Å². The second-order valence-electron chi connectivity index (χ2n) is 4.22. The Labute approximate surface area is 96.5 Å². The molecule has 0 aromatic carbocycles. The molecule has 1 heterocycles. The smallest absolute Gasteiger partial charge is 0.307 e. The Hall–Kier alpha value is -0.620. The van der Waals surface area contributed by atoms with E-state index in [-0.39, 0.29) is 23.9 Å². The molecule has 0 aromatic heterocycles. The lowest BCUT2D eigenvalue weighted by Crippen LogP contribution is -2.52. The molecule has 1 aliphatic heterocycles. The van der Waals surface area contributed by atoms with Crippen molar-refractivity contribution in [2.75, 3.05) is 25.2 Å². The highest BCUT2D eigenvalue weighted by Crippen LogP contribution is 2.27. The van der Waals surface area contributed by atoms with Crippen LogP contribution in [0.2, 0.25) is 0 Å². The summed E-state index contributed by atoms with van der Waals surface area (Å²) in [6, 6.07) is 0. The Morgan fingerprint density at radius 3 is 2.38 bits per heavy atom. The van der Waals surface area contributed by atoms with Crippen LogP contribution in [0.4, 0.5) is 0 Å². The van der Waals surface area contributed by atoms with Crippen LogP contribution >= 0.6 is 0 Å². The predicted octanol–water partition coefficient (Wildman–Crippen LogP) is 0.106. The first-order valence-corrected chi connectivity index (χ1v) is 7.27. The number of esters is 1. The summed E-state index contributed by atoms with van der Waals surface area (Å²) in [4.78, 5) is 11.3. The van der Waals surface area contributed by atoms with Crippen LogP contribution in [0.5, 0.6) is 0 Å². The molecule has 0 spiro atoms. The third kappa shape index (κ3) is 3.45. The van der Waals surface area contributed by atoms with E-state index >= 15 is 0 Å². The van der Waals surface area contributed by atoms with Crippen molar-refractivity contribution in [2.24, 2.45) is 0 Å². The van der Waals surface area contributed by atoms with Gasteiger partial charge in [-0.25, -0.2) is 8.42 Å². The molecule has 94 valence electrons. The van der Waals surface area contributed by atoms with Crippen LogP contribution in [0.15, 0.2) is 0 Å². The third-order valence-electron chi connectivity index (χ3n) is 3.05. The summed E-state index contributed by atoms with van der Waals surface area (Å²) in [5.74, 6) is 0.00815. The molecule has 0 amide bonds. The molecular formula is C10H19NO4S. The number of sulfone groups is 1. The Balaban J connectivity index is 2.71. The second-order valence-corrected chi connectivity index (χ2v) is 6.52. The van der Waals surface area contributed by atoms with Crippen molar-refractivity contribution in [1.82, 2.24) is 5.32 Å². The maximum Gasteiger partial charge on any atom is 0.307 e. The average molecular weight is 249 g/mol. The van der Waals surface area contributed by atoms with E-state index in [0.29, 0.717) is 12.8 Å². The molecule has 1 saturated heterocycles. The quantitative estimate of drug-likeness (QED) is 0.716. The maximum atomic E-state index is 11.4. The minimum atomic E-state index is -2.91. The maximum absolute atomic E-state index is 11.4. The summed E-state index contributed by atoms with van der Waals surface area (Å²) in [5.41, 5.74) is -0.396. The molecule has 1 aliphatic rings. The van der Waals surface area contributed by atoms with Crippen LogP contribution in [0, 0.1) is 0 Å². The van der Waals surface area contributed by atoms with Crippen molar-refractivity contribution in [1.29, 1.82) is 0 Å². The first kappa shape index (κ1) is 13.4. The fraction of sp³-hybridized carbons (Fsp3) is 0.900. The van der Waals surface area contributed by atoms with E-state index in [4.69, 9.17) is 0 Å². The summed E-state index contributed by atoms with van der Waals surface area (Å²) in [6.45, 7) is 2.67. The van der Waals surface area contributed by atoms with Gasteiger partial charge in [-0.05, 0) is 19.4 Å². The van der Waals surface area contributed by atoms with E-state index in [1.807, 2.05) is 6.92 Å². The summed E-state index contributed by atoms with van der Waals surface area (Å²) in [7, 11) is -1.56. The molecule has 1 N–H and O–H groups in total. The molecule has 0 aliphatic carbocycles. The fourth-order valence-corrected chi connectivity index (χ4v) is 3.68. The Kier molecular flexibility index (Phi) is 4.32. The topological polar surface area (TPSA) is 72.5 Å². The highest BCUT2D eigenvalue weighted by Gasteiger charge is 2.38. The number of methoxy groups -OCH3 is 1. The lowest BCUT2D eigenvalue weighted by atomic mass is 9.88. The molecule has 0 atom stereocenters. The fourth-order valence-electron chi connectivity index (χ4n) is 2.07. The van der Waals surface area contributed by atoms with Crippen molar-refractivity contribution in [3.05, 3.63) is 0 Å². The predicted molar refractivity (Wildman–Crippen MR) is 60.9 cm³/mol. The van der Waals surface area contributed by atoms with Gasteiger partial charge in [0.2, 0.25) is 0 Å². The number of hydrogen-bond acceptors (Lipinski definition) is 5. The number of rotatable bonds is 4. The standard InChI is InChI=1S/C10H19NO4S/c1-3-11-10(8-9(12)15-2)4-6-16(13,14)7-5-10/h11H,3-8H2,1-2H3. The highest BCUT2D eigenvalue weighted by atomic mass is 32.2. The summed E-state index contributed by atoms with van der Waals surface area (Å²) in [6.07, 6.45) is 1.21. The van der Waals surface area contributed by atoms with E-state index in [0.717, 1.165) is 6.54 Å². The van der Waals surface area contributed by atoms with Crippen molar-refractivity contribution >= 4 is 15.8 Å². The van der Waals surface area contributed by atoms with Crippen LogP contribution in [0.1, 0.15) is 26.2 Å². The number of ether oxygens (including phenoxy) is 1. The molecule has 0 unspecified atom stereocenters. The average Bonchev–Trinajstić information content (AvgIpc) is 2.23. The van der Waals surface area contributed by atoms with Crippen LogP contribution in [-0.2, 0) is 19.4 Å². The van der Waals surface area contributed by atoms with Crippen LogP contribution < -0.4 is 5.32 Å². The molecule has 0 bridgehead atoms. The van der Waals surface area contributed by atoms with Gasteiger partial charge in [-0.1, -0.05) is 6.92 Å². The van der Waals surface area contributed by atoms with Gasteiger partial charge in [-0.3, -0.25) is 4.79 Å². The SMILES string of the molecule is CCNC1(CC(=O)OC)CCS(=O)(=O)CC1. The summed E-state index contributed by atoms with van der Waals surface area (Å²) in [5, 5.41) is 3.24. The van der Waals surface area contributed by atoms with Crippen molar-refractivity contribution in [3.63, 3.8) is 0 Å². The largest absolute Gasteiger partial charge is 0.469 e. The molecule has 1 fully saturated rings. The van der Waals surface area contributed by atoms with E-state index in [2.05, 4.69) is 10.1 Å². The van der Waals surface area contributed by atoms with E-state index in [1.54, 1.807) is 0 Å². The van der Waals surface area contributed by atoms with Gasteiger partial charge in [-0.2, -0.15) is 0 Å². The normalized spacial score (nSPS) is 22.6. The van der Waals surface area contributed by atoms with Gasteiger partial charge < -0.3 is 10.1 Å². The minimum absolute atomic E-state index is 0.150. The number of hydrogen-bond donors (Lipinski definition) is 1. The van der Waals surface area contributed by atoms with Gasteiger partial charge in [0.1, 0.15) is 9.84 Å². The van der Waals surface area contributed by atoms with Crippen LogP contribution in [-0.4, -0.2) is 45.1 Å². The number of carbonyl (C=O) groups excluding carboxylic acids is 1. The number of carbonyl (C=O) groups is 1. The zero-order chi connectivity index (χ0) is 12.2. The van der Waals surface area contributed by atoms with Crippen molar-refractivity contribution in [3.8, 4) is 0 Å². The van der Waals surface area contributed by atoms with Gasteiger partial charge in [0.15, 0.2) is 0 Å². The van der Waals surface area contributed by atoms with Crippen molar-refractivity contribution < 1.29 is 17.9 Å². The zero-order valence-corrected chi connectivity index (χ0v) is 10.6. The molecule has 1 rings (SSSR count). The van der Waals surface area contributed by atoms with Gasteiger partial charge >= 0.3 is 5.97 Å². The molecule has 0 saturated carbocycles. The molecule has 0 radical (unpaired) electrons. The van der Waals surface area contributed by atoms with Gasteiger partial charge in [0.05, 0.1) is 25.0 Å². The molecular weight excluding hydrogens is 230 g/mol. The highest BCUT2D eigenvalue weighted by molar-refractivity contribution is 7.91. The van der Waals surface area contributed by atoms with Crippen LogP contribution in [0.25, 0.3) is 0 Å². The van der Waals surface area contributed by atoms with Gasteiger partial charge in [-0.15, -0.1) is 0 Å². The molecule has 6 heteroatoms. The van der Waals surface area contributed by atoms with E-state index in [1.165, 1.54) is 7.11 Å². The molecule has 0 aromatic rings. The van der Waals surface area contributed by atoms with Gasteiger partial charge in [0, 0.05) is 5.54 Å². The summed E-state index contributed by atoms with van der Waals surface area (Å²) < 4.78 is 27.4. The van der Waals surface area contributed by atoms with Crippen molar-refractivity contribution in [2.45, 2.75) is 31.7 Å². The summed E-state index contributed by atoms with van der Waals surface area (Å²) >= 11 is 0. The lowest BCUT2D eigenvalue weighted by molar-refractivity contribution is -0.142.